The molecule has 1 amide bonds. The van der Waals surface area contributed by atoms with E-state index in [0.29, 0.717) is 27.6 Å². The number of hydrogen-bond donors (Lipinski definition) is 2. The zero-order valence-corrected chi connectivity index (χ0v) is 16.6. The summed E-state index contributed by atoms with van der Waals surface area (Å²) in [7, 11) is 1.36. The van der Waals surface area contributed by atoms with Gasteiger partial charge in [-0.1, -0.05) is 6.07 Å². The van der Waals surface area contributed by atoms with Gasteiger partial charge in [0.15, 0.2) is 11.6 Å². The molecule has 0 bridgehead atoms. The van der Waals surface area contributed by atoms with Gasteiger partial charge >= 0.3 is 0 Å². The van der Waals surface area contributed by atoms with E-state index in [1.807, 2.05) is 0 Å². The van der Waals surface area contributed by atoms with Crippen LogP contribution in [0.5, 0.6) is 17.2 Å². The van der Waals surface area contributed by atoms with Crippen LogP contribution in [0.4, 0.5) is 14.5 Å². The van der Waals surface area contributed by atoms with Crippen molar-refractivity contribution < 1.29 is 28.2 Å². The van der Waals surface area contributed by atoms with Crippen LogP contribution in [-0.2, 0) is 4.79 Å². The number of benzene rings is 3. The molecule has 0 spiro atoms. The van der Waals surface area contributed by atoms with Crippen molar-refractivity contribution in [2.24, 2.45) is 0 Å². The van der Waals surface area contributed by atoms with E-state index in [0.717, 1.165) is 0 Å². The lowest BCUT2D eigenvalue weighted by molar-refractivity contribution is -0.124. The molecule has 1 aliphatic rings. The van der Waals surface area contributed by atoms with Crippen molar-refractivity contribution in [2.75, 3.05) is 12.4 Å². The number of carbonyl (C=O) groups is 1. The largest absolute Gasteiger partial charge is 0.494 e. The van der Waals surface area contributed by atoms with E-state index in [1.54, 1.807) is 24.3 Å². The van der Waals surface area contributed by atoms with Crippen LogP contribution in [0.1, 0.15) is 10.8 Å². The number of thioether (sulfide) groups is 1. The van der Waals surface area contributed by atoms with Gasteiger partial charge in [0.1, 0.15) is 23.4 Å². The summed E-state index contributed by atoms with van der Waals surface area (Å²) in [5.74, 6) is -0.542. The minimum atomic E-state index is -1.39. The number of nitrogens with one attached hydrogen (secondary N) is 1. The Bertz CT molecular complexity index is 1090. The SMILES string of the molecule is COc1ccc([C@@H]2Sc3cc(Oc4ccc(F)cc4)ccc3NC(=O)[C@@H]2O)cc1F. The molecule has 3 aromatic carbocycles. The molecular formula is C22H17F2NO4S. The summed E-state index contributed by atoms with van der Waals surface area (Å²) in [5.41, 5.74) is 0.950. The van der Waals surface area contributed by atoms with E-state index < -0.39 is 23.1 Å². The number of carbonyl (C=O) groups excluding carboxylic acids is 1. The highest BCUT2D eigenvalue weighted by Gasteiger charge is 2.33. The molecule has 0 aromatic heterocycles. The number of halogens is 2. The second-order valence-electron chi connectivity index (χ2n) is 6.58. The van der Waals surface area contributed by atoms with Crippen molar-refractivity contribution >= 4 is 23.4 Å². The molecule has 0 aliphatic carbocycles. The average molecular weight is 429 g/mol. The lowest BCUT2D eigenvalue weighted by Crippen LogP contribution is -2.30. The third kappa shape index (κ3) is 4.10. The Morgan fingerprint density at radius 1 is 1.00 bits per heavy atom. The highest BCUT2D eigenvalue weighted by atomic mass is 32.2. The molecular weight excluding hydrogens is 412 g/mol. The van der Waals surface area contributed by atoms with Crippen LogP contribution in [0, 0.1) is 11.6 Å². The third-order valence-electron chi connectivity index (χ3n) is 4.57. The van der Waals surface area contributed by atoms with Crippen LogP contribution in [0.3, 0.4) is 0 Å². The van der Waals surface area contributed by atoms with Gasteiger partial charge in [0.2, 0.25) is 0 Å². The number of methoxy groups -OCH3 is 1. The molecule has 4 rings (SSSR count). The van der Waals surface area contributed by atoms with Crippen LogP contribution in [-0.4, -0.2) is 24.2 Å². The lowest BCUT2D eigenvalue weighted by atomic mass is 10.1. The topological polar surface area (TPSA) is 67.8 Å². The van der Waals surface area contributed by atoms with E-state index in [1.165, 1.54) is 55.3 Å². The standard InChI is InChI=1S/C22H17F2NO4S/c1-28-18-9-2-12(10-16(18)24)21-20(26)22(27)25-17-8-7-15(11-19(17)30-21)29-14-5-3-13(23)4-6-14/h2-11,20-21,26H,1H3,(H,25,27)/t20-,21+/m1/s1. The fourth-order valence-electron chi connectivity index (χ4n) is 3.06. The summed E-state index contributed by atoms with van der Waals surface area (Å²) in [6.07, 6.45) is -1.39. The number of fused-ring (bicyclic) bond motifs is 1. The molecule has 30 heavy (non-hydrogen) atoms. The van der Waals surface area contributed by atoms with Crippen LogP contribution < -0.4 is 14.8 Å². The van der Waals surface area contributed by atoms with Gasteiger partial charge in [0, 0.05) is 4.90 Å². The fraction of sp³-hybridized carbons (Fsp3) is 0.136. The minimum Gasteiger partial charge on any atom is -0.494 e. The normalized spacial score (nSPS) is 18.2. The summed E-state index contributed by atoms with van der Waals surface area (Å²) >= 11 is 1.21. The molecule has 0 fully saturated rings. The van der Waals surface area contributed by atoms with Gasteiger partial charge in [0.25, 0.3) is 5.91 Å². The fourth-order valence-corrected chi connectivity index (χ4v) is 4.30. The number of aliphatic hydroxyl groups excluding tert-OH is 1. The molecule has 2 atom stereocenters. The molecule has 154 valence electrons. The maximum atomic E-state index is 14.2. The number of ether oxygens (including phenoxy) is 2. The highest BCUT2D eigenvalue weighted by molar-refractivity contribution is 7.99. The molecule has 8 heteroatoms. The molecule has 0 radical (unpaired) electrons. The van der Waals surface area contributed by atoms with Crippen LogP contribution in [0.25, 0.3) is 0 Å². The minimum absolute atomic E-state index is 0.0756. The Hall–Kier alpha value is -3.10. The highest BCUT2D eigenvalue weighted by Crippen LogP contribution is 2.45. The van der Waals surface area contributed by atoms with E-state index in [4.69, 9.17) is 9.47 Å². The van der Waals surface area contributed by atoms with Gasteiger partial charge in [-0.15, -0.1) is 11.8 Å². The molecule has 1 aliphatic heterocycles. The van der Waals surface area contributed by atoms with E-state index in [-0.39, 0.29) is 11.6 Å². The molecule has 3 aromatic rings. The first kappa shape index (κ1) is 20.2. The van der Waals surface area contributed by atoms with E-state index >= 15 is 0 Å². The predicted molar refractivity (Wildman–Crippen MR) is 109 cm³/mol. The van der Waals surface area contributed by atoms with Crippen LogP contribution >= 0.6 is 11.8 Å². The Kier molecular flexibility index (Phi) is 5.61. The Morgan fingerprint density at radius 2 is 1.73 bits per heavy atom. The maximum absolute atomic E-state index is 14.2. The van der Waals surface area contributed by atoms with E-state index in [2.05, 4.69) is 5.32 Å². The Labute approximate surface area is 175 Å². The smallest absolute Gasteiger partial charge is 0.254 e. The van der Waals surface area contributed by atoms with Crippen molar-refractivity contribution in [3.8, 4) is 17.2 Å². The second kappa shape index (κ2) is 8.33. The number of aliphatic hydroxyl groups is 1. The van der Waals surface area contributed by atoms with Gasteiger partial charge in [-0.2, -0.15) is 0 Å². The predicted octanol–water partition coefficient (Wildman–Crippen LogP) is 4.91. The number of anilines is 1. The first-order valence-corrected chi connectivity index (χ1v) is 9.89. The summed E-state index contributed by atoms with van der Waals surface area (Å²) < 4.78 is 38.0. The zero-order valence-electron chi connectivity index (χ0n) is 15.8. The molecule has 0 saturated carbocycles. The van der Waals surface area contributed by atoms with Gasteiger partial charge in [-0.25, -0.2) is 8.78 Å². The summed E-state index contributed by atoms with van der Waals surface area (Å²) in [6, 6.07) is 14.9. The molecule has 0 saturated heterocycles. The van der Waals surface area contributed by atoms with Gasteiger partial charge in [-0.3, -0.25) is 4.79 Å². The number of amides is 1. The van der Waals surface area contributed by atoms with Crippen molar-refractivity contribution in [3.05, 3.63) is 77.9 Å². The number of hydrogen-bond acceptors (Lipinski definition) is 5. The van der Waals surface area contributed by atoms with Crippen molar-refractivity contribution in [3.63, 3.8) is 0 Å². The Balaban J connectivity index is 1.66. The molecule has 0 unspecified atom stereocenters. The summed E-state index contributed by atoms with van der Waals surface area (Å²) in [5, 5.41) is 12.5. The van der Waals surface area contributed by atoms with Crippen molar-refractivity contribution in [1.29, 1.82) is 0 Å². The third-order valence-corrected chi connectivity index (χ3v) is 5.95. The first-order chi connectivity index (χ1) is 14.4. The molecule has 1 heterocycles. The lowest BCUT2D eigenvalue weighted by Gasteiger charge is -2.19. The van der Waals surface area contributed by atoms with Crippen LogP contribution in [0.15, 0.2) is 65.6 Å². The van der Waals surface area contributed by atoms with Gasteiger partial charge in [-0.05, 0) is 60.2 Å². The van der Waals surface area contributed by atoms with Gasteiger partial charge in [0.05, 0.1) is 18.0 Å². The van der Waals surface area contributed by atoms with Gasteiger partial charge < -0.3 is 19.9 Å². The van der Waals surface area contributed by atoms with Crippen LogP contribution in [0.2, 0.25) is 0 Å². The summed E-state index contributed by atoms with van der Waals surface area (Å²) in [4.78, 5) is 13.1. The average Bonchev–Trinajstić information content (AvgIpc) is 2.86. The first-order valence-electron chi connectivity index (χ1n) is 9.01. The van der Waals surface area contributed by atoms with Crippen molar-refractivity contribution in [2.45, 2.75) is 16.2 Å². The van der Waals surface area contributed by atoms with Crippen molar-refractivity contribution in [1.82, 2.24) is 0 Å². The quantitative estimate of drug-likeness (QED) is 0.617. The monoisotopic (exact) mass is 429 g/mol. The Morgan fingerprint density at radius 3 is 2.43 bits per heavy atom. The number of rotatable bonds is 4. The maximum Gasteiger partial charge on any atom is 0.254 e. The summed E-state index contributed by atoms with van der Waals surface area (Å²) in [6.45, 7) is 0. The zero-order chi connectivity index (χ0) is 21.3. The second-order valence-corrected chi connectivity index (χ2v) is 7.76. The van der Waals surface area contributed by atoms with E-state index in [9.17, 15) is 18.7 Å². The molecule has 5 nitrogen and oxygen atoms in total. The molecule has 2 N–H and O–H groups in total.